The van der Waals surface area contributed by atoms with Crippen LogP contribution in [0.25, 0.3) is 0 Å². The van der Waals surface area contributed by atoms with Crippen LogP contribution < -0.4 is 10.6 Å². The van der Waals surface area contributed by atoms with Crippen LogP contribution in [0.15, 0.2) is 54.6 Å². The molecule has 0 aromatic heterocycles. The van der Waals surface area contributed by atoms with Crippen LogP contribution >= 0.6 is 23.2 Å². The molecule has 3 amide bonds. The molecule has 2 aromatic rings. The lowest BCUT2D eigenvalue weighted by atomic mass is 9.73. The lowest BCUT2D eigenvalue weighted by Crippen LogP contribution is -2.58. The first-order valence-electron chi connectivity index (χ1n) is 14.9. The van der Waals surface area contributed by atoms with Crippen molar-refractivity contribution in [2.45, 2.75) is 70.2 Å². The number of nitrogens with one attached hydrogen (secondary N) is 2. The second-order valence-electron chi connectivity index (χ2n) is 12.4. The van der Waals surface area contributed by atoms with Gasteiger partial charge in [0.1, 0.15) is 11.6 Å². The number of halogens is 2. The molecule has 0 radical (unpaired) electrons. The molecule has 1 saturated carbocycles. The minimum Gasteiger partial charge on any atom is -0.359 e. The van der Waals surface area contributed by atoms with E-state index in [0.29, 0.717) is 40.5 Å². The Morgan fingerprint density at radius 1 is 1.07 bits per heavy atom. The van der Waals surface area contributed by atoms with Crippen molar-refractivity contribution in [1.29, 1.82) is 0 Å². The fraction of sp³-hybridized carbons (Fsp3) is 0.485. The summed E-state index contributed by atoms with van der Waals surface area (Å²) in [7, 11) is 0. The van der Waals surface area contributed by atoms with Crippen molar-refractivity contribution in [3.8, 4) is 0 Å². The molecule has 2 aromatic carbocycles. The van der Waals surface area contributed by atoms with Gasteiger partial charge in [-0.15, -0.1) is 0 Å². The molecule has 9 heteroatoms. The number of hydrogen-bond acceptors (Lipinski definition) is 4. The largest absolute Gasteiger partial charge is 0.359 e. The Morgan fingerprint density at radius 3 is 2.57 bits per heavy atom. The van der Waals surface area contributed by atoms with Gasteiger partial charge in [0.15, 0.2) is 0 Å². The van der Waals surface area contributed by atoms with Crippen molar-refractivity contribution in [3.05, 3.63) is 75.8 Å². The SMILES string of the molecule is Cc1ccc(NC(=O)[C@@H]2[C@@H]3C=C[C@]4(O3)[C@@H]2C(=O)N(CCc2ccc(Cl)cc2)[C@H]4C(=O)N[C@@H]2CCC[C@@H](C)[C@H]2C)cc1Cl. The summed E-state index contributed by atoms with van der Waals surface area (Å²) < 4.78 is 6.50. The number of nitrogens with zero attached hydrogens (tertiary/aromatic N) is 1. The fourth-order valence-electron chi connectivity index (χ4n) is 7.35. The van der Waals surface area contributed by atoms with Gasteiger partial charge in [0.25, 0.3) is 0 Å². The third-order valence-electron chi connectivity index (χ3n) is 9.95. The summed E-state index contributed by atoms with van der Waals surface area (Å²) >= 11 is 12.4. The summed E-state index contributed by atoms with van der Waals surface area (Å²) in [5, 5.41) is 7.43. The van der Waals surface area contributed by atoms with Gasteiger partial charge >= 0.3 is 0 Å². The Labute approximate surface area is 257 Å². The number of carbonyl (C=O) groups is 3. The highest BCUT2D eigenvalue weighted by molar-refractivity contribution is 6.31. The molecule has 8 atom stereocenters. The Morgan fingerprint density at radius 2 is 1.83 bits per heavy atom. The van der Waals surface area contributed by atoms with Crippen molar-refractivity contribution in [2.24, 2.45) is 23.7 Å². The van der Waals surface area contributed by atoms with Gasteiger partial charge in [0.2, 0.25) is 17.7 Å². The Kier molecular flexibility index (Phi) is 7.88. The van der Waals surface area contributed by atoms with E-state index in [9.17, 15) is 14.4 Å². The molecule has 222 valence electrons. The minimum absolute atomic E-state index is 0.0258. The first kappa shape index (κ1) is 29.2. The number of rotatable bonds is 7. The third-order valence-corrected chi connectivity index (χ3v) is 10.6. The predicted molar refractivity (Wildman–Crippen MR) is 163 cm³/mol. The summed E-state index contributed by atoms with van der Waals surface area (Å²) in [6.45, 7) is 6.62. The van der Waals surface area contributed by atoms with Gasteiger partial charge in [-0.25, -0.2) is 0 Å². The van der Waals surface area contributed by atoms with E-state index in [4.69, 9.17) is 27.9 Å². The molecule has 1 aliphatic carbocycles. The van der Waals surface area contributed by atoms with Crippen LogP contribution in [-0.4, -0.2) is 53.0 Å². The van der Waals surface area contributed by atoms with E-state index in [1.54, 1.807) is 17.0 Å². The van der Waals surface area contributed by atoms with Gasteiger partial charge in [-0.1, -0.05) is 80.2 Å². The van der Waals surface area contributed by atoms with Gasteiger partial charge in [-0.3, -0.25) is 14.4 Å². The number of amides is 3. The second-order valence-corrected chi connectivity index (χ2v) is 13.3. The monoisotopic (exact) mass is 609 g/mol. The quantitative estimate of drug-likeness (QED) is 0.401. The van der Waals surface area contributed by atoms with Crippen molar-refractivity contribution >= 4 is 46.6 Å². The molecule has 6 rings (SSSR count). The molecular formula is C33H37Cl2N3O4. The molecule has 42 heavy (non-hydrogen) atoms. The number of aryl methyl sites for hydroxylation is 1. The van der Waals surface area contributed by atoms with Crippen LogP contribution in [0.4, 0.5) is 5.69 Å². The number of benzene rings is 2. The van der Waals surface area contributed by atoms with Crippen molar-refractivity contribution < 1.29 is 19.1 Å². The molecule has 3 heterocycles. The zero-order valence-corrected chi connectivity index (χ0v) is 25.6. The van der Waals surface area contributed by atoms with E-state index in [2.05, 4.69) is 24.5 Å². The maximum Gasteiger partial charge on any atom is 0.246 e. The van der Waals surface area contributed by atoms with Crippen LogP contribution in [-0.2, 0) is 25.5 Å². The zero-order valence-electron chi connectivity index (χ0n) is 24.1. The second kappa shape index (κ2) is 11.3. The highest BCUT2D eigenvalue weighted by Gasteiger charge is 2.72. The number of fused-ring (bicyclic) bond motifs is 1. The Bertz CT molecular complexity index is 1430. The first-order valence-corrected chi connectivity index (χ1v) is 15.6. The van der Waals surface area contributed by atoms with Crippen LogP contribution in [0.1, 0.15) is 44.2 Å². The molecule has 2 bridgehead atoms. The van der Waals surface area contributed by atoms with Gasteiger partial charge in [-0.2, -0.15) is 0 Å². The van der Waals surface area contributed by atoms with Crippen LogP contribution in [0.2, 0.25) is 10.0 Å². The van der Waals surface area contributed by atoms with E-state index in [0.717, 1.165) is 30.4 Å². The highest BCUT2D eigenvalue weighted by Crippen LogP contribution is 2.55. The molecular weight excluding hydrogens is 573 g/mol. The Balaban J connectivity index is 1.30. The molecule has 3 fully saturated rings. The summed E-state index contributed by atoms with van der Waals surface area (Å²) in [6, 6.07) is 12.0. The molecule has 3 aliphatic heterocycles. The standard InChI is InChI=1S/C33H37Cl2N3O4/c1-18-5-4-6-25(20(18)3)37-31(40)29-33-15-13-26(42-33)27(30(39)36-23-12-7-19(2)24(35)17-23)28(33)32(41)38(29)16-14-21-8-10-22(34)11-9-21/h7-13,15,17-18,20,25-29H,4-6,14,16H2,1-3H3,(H,36,39)(H,37,40)/t18-,20-,25-,26+,27-,28+,29+,33+/m1/s1. The van der Waals surface area contributed by atoms with Crippen LogP contribution in [0.3, 0.4) is 0 Å². The molecule has 4 aliphatic rings. The van der Waals surface area contributed by atoms with Gasteiger partial charge in [-0.05, 0) is 67.0 Å². The van der Waals surface area contributed by atoms with Gasteiger partial charge in [0, 0.05) is 28.3 Å². The molecule has 2 saturated heterocycles. The van der Waals surface area contributed by atoms with E-state index in [-0.39, 0.29) is 23.8 Å². The molecule has 1 spiro atoms. The van der Waals surface area contributed by atoms with Crippen molar-refractivity contribution in [3.63, 3.8) is 0 Å². The average Bonchev–Trinajstić information content (AvgIpc) is 3.60. The summed E-state index contributed by atoms with van der Waals surface area (Å²) in [6.07, 6.45) is 6.74. The highest BCUT2D eigenvalue weighted by atomic mass is 35.5. The number of anilines is 1. The van der Waals surface area contributed by atoms with Crippen LogP contribution in [0, 0.1) is 30.6 Å². The zero-order chi connectivity index (χ0) is 29.8. The van der Waals surface area contributed by atoms with E-state index in [1.807, 2.05) is 49.4 Å². The smallest absolute Gasteiger partial charge is 0.246 e. The van der Waals surface area contributed by atoms with E-state index < -0.39 is 29.6 Å². The van der Waals surface area contributed by atoms with Gasteiger partial charge in [0.05, 0.1) is 17.9 Å². The summed E-state index contributed by atoms with van der Waals surface area (Å²) in [5.74, 6) is -1.52. The Hall–Kier alpha value is -2.87. The first-order chi connectivity index (χ1) is 20.1. The lowest BCUT2D eigenvalue weighted by molar-refractivity contribution is -0.141. The number of likely N-dealkylation sites (tertiary alicyclic amines) is 1. The fourth-order valence-corrected chi connectivity index (χ4v) is 7.66. The average molecular weight is 611 g/mol. The maximum atomic E-state index is 14.2. The maximum absolute atomic E-state index is 14.2. The van der Waals surface area contributed by atoms with Gasteiger partial charge < -0.3 is 20.3 Å². The van der Waals surface area contributed by atoms with Crippen molar-refractivity contribution in [1.82, 2.24) is 10.2 Å². The molecule has 2 N–H and O–H groups in total. The van der Waals surface area contributed by atoms with Crippen molar-refractivity contribution in [2.75, 3.05) is 11.9 Å². The predicted octanol–water partition coefficient (Wildman–Crippen LogP) is 5.57. The lowest BCUT2D eigenvalue weighted by Gasteiger charge is -2.38. The van der Waals surface area contributed by atoms with Crippen LogP contribution in [0.5, 0.6) is 0 Å². The minimum atomic E-state index is -1.21. The third kappa shape index (κ3) is 5.03. The molecule has 7 nitrogen and oxygen atoms in total. The molecule has 0 unspecified atom stereocenters. The number of ether oxygens (including phenoxy) is 1. The number of hydrogen-bond donors (Lipinski definition) is 2. The van der Waals surface area contributed by atoms with E-state index >= 15 is 0 Å². The summed E-state index contributed by atoms with van der Waals surface area (Å²) in [5.41, 5.74) is 1.25. The topological polar surface area (TPSA) is 87.7 Å². The summed E-state index contributed by atoms with van der Waals surface area (Å²) in [4.78, 5) is 43.8. The number of carbonyl (C=O) groups excluding carboxylic acids is 3. The normalized spacial score (nSPS) is 33.1. The van der Waals surface area contributed by atoms with E-state index in [1.165, 1.54) is 0 Å².